The summed E-state index contributed by atoms with van der Waals surface area (Å²) in [5.41, 5.74) is 2.02. The van der Waals surface area contributed by atoms with Gasteiger partial charge < -0.3 is 10.2 Å². The maximum Gasteiger partial charge on any atom is 0.238 e. The second-order valence-corrected chi connectivity index (χ2v) is 6.30. The molecule has 0 aliphatic carbocycles. The molecule has 1 fully saturated rings. The second kappa shape index (κ2) is 8.07. The molecule has 2 heterocycles. The number of nitrogens with one attached hydrogen (secondary N) is 1. The Morgan fingerprint density at radius 1 is 1.16 bits per heavy atom. The SMILES string of the molecule is CCc1cnc(C)nc1N1CCN(CC(=O)Nc2ccccc2)CC1. The fourth-order valence-electron chi connectivity index (χ4n) is 3.05. The highest BCUT2D eigenvalue weighted by Gasteiger charge is 2.21. The van der Waals surface area contributed by atoms with Crippen molar-refractivity contribution in [1.29, 1.82) is 0 Å². The van der Waals surface area contributed by atoms with Gasteiger partial charge in [0.1, 0.15) is 11.6 Å². The third-order valence-corrected chi connectivity index (χ3v) is 4.44. The summed E-state index contributed by atoms with van der Waals surface area (Å²) < 4.78 is 0. The predicted octanol–water partition coefficient (Wildman–Crippen LogP) is 2.11. The molecule has 1 N–H and O–H groups in total. The lowest BCUT2D eigenvalue weighted by Gasteiger charge is -2.35. The van der Waals surface area contributed by atoms with Gasteiger partial charge in [-0.2, -0.15) is 0 Å². The topological polar surface area (TPSA) is 61.4 Å². The fourth-order valence-corrected chi connectivity index (χ4v) is 3.05. The molecule has 3 rings (SSSR count). The average molecular weight is 339 g/mol. The Balaban J connectivity index is 1.54. The maximum absolute atomic E-state index is 12.2. The van der Waals surface area contributed by atoms with Crippen molar-refractivity contribution in [2.75, 3.05) is 42.9 Å². The first kappa shape index (κ1) is 17.4. The molecule has 1 aliphatic heterocycles. The first-order valence-electron chi connectivity index (χ1n) is 8.80. The molecule has 0 atom stereocenters. The van der Waals surface area contributed by atoms with Gasteiger partial charge in [0.15, 0.2) is 0 Å². The van der Waals surface area contributed by atoms with Crippen molar-refractivity contribution in [2.45, 2.75) is 20.3 Å². The van der Waals surface area contributed by atoms with E-state index in [-0.39, 0.29) is 5.91 Å². The third-order valence-electron chi connectivity index (χ3n) is 4.44. The standard InChI is InChI=1S/C19H25N5O/c1-3-16-13-20-15(2)21-19(16)24-11-9-23(10-12-24)14-18(25)22-17-7-5-4-6-8-17/h4-8,13H,3,9-12,14H2,1-2H3,(H,22,25). The molecule has 1 amide bonds. The number of carbonyl (C=O) groups excluding carboxylic acids is 1. The van der Waals surface area contributed by atoms with Gasteiger partial charge in [-0.1, -0.05) is 25.1 Å². The number of nitrogens with zero attached hydrogens (tertiary/aromatic N) is 4. The van der Waals surface area contributed by atoms with Crippen molar-refractivity contribution in [2.24, 2.45) is 0 Å². The van der Waals surface area contributed by atoms with Crippen molar-refractivity contribution >= 4 is 17.4 Å². The van der Waals surface area contributed by atoms with Gasteiger partial charge in [0.05, 0.1) is 6.54 Å². The van der Waals surface area contributed by atoms with Crippen LogP contribution in [0.25, 0.3) is 0 Å². The molecule has 1 saturated heterocycles. The zero-order valence-electron chi connectivity index (χ0n) is 14.9. The van der Waals surface area contributed by atoms with E-state index in [4.69, 9.17) is 0 Å². The van der Waals surface area contributed by atoms with Gasteiger partial charge in [-0.3, -0.25) is 9.69 Å². The van der Waals surface area contributed by atoms with Gasteiger partial charge in [0.2, 0.25) is 5.91 Å². The Kier molecular flexibility index (Phi) is 5.60. The zero-order valence-corrected chi connectivity index (χ0v) is 14.9. The van der Waals surface area contributed by atoms with E-state index in [0.29, 0.717) is 6.54 Å². The van der Waals surface area contributed by atoms with Gasteiger partial charge in [-0.15, -0.1) is 0 Å². The lowest BCUT2D eigenvalue weighted by molar-refractivity contribution is -0.117. The molecule has 132 valence electrons. The van der Waals surface area contributed by atoms with Gasteiger partial charge in [0.25, 0.3) is 0 Å². The van der Waals surface area contributed by atoms with Crippen molar-refractivity contribution in [1.82, 2.24) is 14.9 Å². The number of carbonyl (C=O) groups is 1. The lowest BCUT2D eigenvalue weighted by Crippen LogP contribution is -2.49. The first-order chi connectivity index (χ1) is 12.2. The van der Waals surface area contributed by atoms with Gasteiger partial charge in [-0.05, 0) is 25.5 Å². The lowest BCUT2D eigenvalue weighted by atomic mass is 10.2. The number of aryl methyl sites for hydroxylation is 2. The molecule has 1 aliphatic rings. The molecular weight excluding hydrogens is 314 g/mol. The molecule has 1 aromatic heterocycles. The number of amides is 1. The molecule has 6 heteroatoms. The summed E-state index contributed by atoms with van der Waals surface area (Å²) >= 11 is 0. The van der Waals surface area contributed by atoms with Crippen LogP contribution in [0, 0.1) is 6.92 Å². The Bertz CT molecular complexity index is 711. The fraction of sp³-hybridized carbons (Fsp3) is 0.421. The van der Waals surface area contributed by atoms with Gasteiger partial charge in [0, 0.05) is 43.6 Å². The van der Waals surface area contributed by atoms with Crippen molar-refractivity contribution < 1.29 is 4.79 Å². The smallest absolute Gasteiger partial charge is 0.238 e. The number of para-hydroxylation sites is 1. The highest BCUT2D eigenvalue weighted by atomic mass is 16.2. The van der Waals surface area contributed by atoms with Crippen molar-refractivity contribution in [3.8, 4) is 0 Å². The highest BCUT2D eigenvalue weighted by Crippen LogP contribution is 2.19. The minimum absolute atomic E-state index is 0.0341. The van der Waals surface area contributed by atoms with Crippen LogP contribution in [0.1, 0.15) is 18.3 Å². The number of anilines is 2. The largest absolute Gasteiger partial charge is 0.354 e. The number of benzene rings is 1. The van der Waals surface area contributed by atoms with Crippen LogP contribution < -0.4 is 10.2 Å². The Hall–Kier alpha value is -2.47. The van der Waals surface area contributed by atoms with E-state index in [2.05, 4.69) is 32.0 Å². The van der Waals surface area contributed by atoms with E-state index < -0.39 is 0 Å². The highest BCUT2D eigenvalue weighted by molar-refractivity contribution is 5.92. The average Bonchev–Trinajstić information content (AvgIpc) is 2.63. The minimum Gasteiger partial charge on any atom is -0.354 e. The molecule has 6 nitrogen and oxygen atoms in total. The predicted molar refractivity (Wildman–Crippen MR) is 99.9 cm³/mol. The van der Waals surface area contributed by atoms with E-state index in [1.807, 2.05) is 43.5 Å². The van der Waals surface area contributed by atoms with E-state index in [9.17, 15) is 4.79 Å². The Morgan fingerprint density at radius 2 is 1.88 bits per heavy atom. The van der Waals surface area contributed by atoms with Crippen LogP contribution in [0.2, 0.25) is 0 Å². The summed E-state index contributed by atoms with van der Waals surface area (Å²) in [6.45, 7) is 7.94. The maximum atomic E-state index is 12.2. The molecule has 2 aromatic rings. The van der Waals surface area contributed by atoms with Crippen molar-refractivity contribution in [3.05, 3.63) is 47.9 Å². The number of rotatable bonds is 5. The molecule has 25 heavy (non-hydrogen) atoms. The molecule has 0 bridgehead atoms. The zero-order chi connectivity index (χ0) is 17.6. The van der Waals surface area contributed by atoms with Gasteiger partial charge >= 0.3 is 0 Å². The first-order valence-corrected chi connectivity index (χ1v) is 8.80. The quantitative estimate of drug-likeness (QED) is 0.904. The van der Waals surface area contributed by atoms with Gasteiger partial charge in [-0.25, -0.2) is 9.97 Å². The number of aromatic nitrogens is 2. The molecule has 1 aromatic carbocycles. The van der Waals surface area contributed by atoms with Crippen LogP contribution in [0.15, 0.2) is 36.5 Å². The summed E-state index contributed by atoms with van der Waals surface area (Å²) in [7, 11) is 0. The van der Waals surface area contributed by atoms with Crippen LogP contribution >= 0.6 is 0 Å². The van der Waals surface area contributed by atoms with E-state index in [1.54, 1.807) is 0 Å². The van der Waals surface area contributed by atoms with E-state index >= 15 is 0 Å². The normalized spacial score (nSPS) is 15.2. The van der Waals surface area contributed by atoms with Crippen LogP contribution in [-0.2, 0) is 11.2 Å². The minimum atomic E-state index is 0.0341. The van der Waals surface area contributed by atoms with Crippen LogP contribution in [0.3, 0.4) is 0 Å². The monoisotopic (exact) mass is 339 g/mol. The summed E-state index contributed by atoms with van der Waals surface area (Å²) in [5, 5.41) is 2.94. The van der Waals surface area contributed by atoms with Crippen molar-refractivity contribution in [3.63, 3.8) is 0 Å². The van der Waals surface area contributed by atoms with E-state index in [0.717, 1.165) is 49.9 Å². The molecular formula is C19H25N5O. The number of hydrogen-bond donors (Lipinski definition) is 1. The molecule has 0 unspecified atom stereocenters. The summed E-state index contributed by atoms with van der Waals surface area (Å²) in [6, 6.07) is 9.58. The van der Waals surface area contributed by atoms with Crippen LogP contribution in [0.4, 0.5) is 11.5 Å². The summed E-state index contributed by atoms with van der Waals surface area (Å²) in [4.78, 5) is 25.6. The molecule has 0 saturated carbocycles. The van der Waals surface area contributed by atoms with Crippen LogP contribution in [0.5, 0.6) is 0 Å². The summed E-state index contributed by atoms with van der Waals surface area (Å²) in [6.07, 6.45) is 2.85. The third kappa shape index (κ3) is 4.54. The Labute approximate surface area is 148 Å². The summed E-state index contributed by atoms with van der Waals surface area (Å²) in [5.74, 6) is 1.88. The van der Waals surface area contributed by atoms with E-state index in [1.165, 1.54) is 5.56 Å². The van der Waals surface area contributed by atoms with Crippen LogP contribution in [-0.4, -0.2) is 53.5 Å². The molecule has 0 spiro atoms. The number of piperazine rings is 1. The number of hydrogen-bond acceptors (Lipinski definition) is 5. The Morgan fingerprint density at radius 3 is 2.56 bits per heavy atom. The second-order valence-electron chi connectivity index (χ2n) is 6.30. The molecule has 0 radical (unpaired) electrons.